The predicted octanol–water partition coefficient (Wildman–Crippen LogP) is 0.288. The summed E-state index contributed by atoms with van der Waals surface area (Å²) in [7, 11) is 0. The second kappa shape index (κ2) is 6.31. The molecule has 0 bridgehead atoms. The first-order valence-corrected chi connectivity index (χ1v) is 6.65. The van der Waals surface area contributed by atoms with Crippen molar-refractivity contribution in [2.24, 2.45) is 5.73 Å². The molecule has 8 nitrogen and oxygen atoms in total. The molecule has 0 unspecified atom stereocenters. The maximum absolute atomic E-state index is 13.7. The molecule has 0 saturated carbocycles. The van der Waals surface area contributed by atoms with Gasteiger partial charge < -0.3 is 10.8 Å². The van der Waals surface area contributed by atoms with Gasteiger partial charge in [0.1, 0.15) is 12.4 Å². The summed E-state index contributed by atoms with van der Waals surface area (Å²) < 4.78 is 14.7. The Balaban J connectivity index is 2.13. The van der Waals surface area contributed by atoms with E-state index in [-0.39, 0.29) is 28.6 Å². The Bertz CT molecular complexity index is 690. The average Bonchev–Trinajstić information content (AvgIpc) is 2.84. The van der Waals surface area contributed by atoms with Crippen LogP contribution in [0.2, 0.25) is 0 Å². The quantitative estimate of drug-likeness (QED) is 0.734. The minimum absolute atomic E-state index is 0.132. The van der Waals surface area contributed by atoms with Crippen molar-refractivity contribution < 1.29 is 19.1 Å². The van der Waals surface area contributed by atoms with Gasteiger partial charge in [-0.1, -0.05) is 11.8 Å². The molecule has 3 N–H and O–H groups in total. The molecular weight excluding hydrogens is 301 g/mol. The number of benzene rings is 1. The zero-order valence-electron chi connectivity index (χ0n) is 10.6. The third-order valence-corrected chi connectivity index (χ3v) is 3.48. The number of carbonyl (C=O) groups excluding carboxylic acids is 1. The van der Waals surface area contributed by atoms with E-state index in [1.165, 1.54) is 12.1 Å². The number of carboxylic acid groups (broad SMARTS) is 1. The van der Waals surface area contributed by atoms with Gasteiger partial charge in [0.05, 0.1) is 0 Å². The normalized spacial score (nSPS) is 10.5. The van der Waals surface area contributed by atoms with E-state index in [2.05, 4.69) is 15.5 Å². The number of hydrogen-bond donors (Lipinski definition) is 2. The molecule has 1 heterocycles. The van der Waals surface area contributed by atoms with Crippen LogP contribution in [0.25, 0.3) is 0 Å². The van der Waals surface area contributed by atoms with Crippen LogP contribution < -0.4 is 5.73 Å². The molecule has 0 aliphatic carbocycles. The monoisotopic (exact) mass is 311 g/mol. The first-order chi connectivity index (χ1) is 9.97. The number of tetrazole rings is 1. The van der Waals surface area contributed by atoms with Gasteiger partial charge in [-0.05, 0) is 34.2 Å². The number of nitrogens with zero attached hydrogens (tertiary/aromatic N) is 4. The van der Waals surface area contributed by atoms with Crippen LogP contribution in [0.15, 0.2) is 23.4 Å². The van der Waals surface area contributed by atoms with Crippen LogP contribution in [0, 0.1) is 5.82 Å². The van der Waals surface area contributed by atoms with Crippen molar-refractivity contribution >= 4 is 23.6 Å². The van der Waals surface area contributed by atoms with Crippen LogP contribution in [-0.4, -0.2) is 37.2 Å². The molecule has 0 fully saturated rings. The van der Waals surface area contributed by atoms with E-state index in [1.54, 1.807) is 0 Å². The van der Waals surface area contributed by atoms with Crippen LogP contribution in [0.5, 0.6) is 0 Å². The van der Waals surface area contributed by atoms with Crippen LogP contribution in [0.3, 0.4) is 0 Å². The molecule has 21 heavy (non-hydrogen) atoms. The van der Waals surface area contributed by atoms with Gasteiger partial charge in [0.25, 0.3) is 0 Å². The zero-order valence-corrected chi connectivity index (χ0v) is 11.4. The number of primary amides is 1. The largest absolute Gasteiger partial charge is 0.480 e. The highest BCUT2D eigenvalue weighted by atomic mass is 32.2. The lowest BCUT2D eigenvalue weighted by Crippen LogP contribution is -2.12. The van der Waals surface area contributed by atoms with Crippen molar-refractivity contribution in [1.29, 1.82) is 0 Å². The fourth-order valence-electron chi connectivity index (χ4n) is 1.51. The van der Waals surface area contributed by atoms with Crippen molar-refractivity contribution in [3.63, 3.8) is 0 Å². The number of carboxylic acids is 1. The summed E-state index contributed by atoms with van der Waals surface area (Å²) in [6.07, 6.45) is 0. The van der Waals surface area contributed by atoms with E-state index in [4.69, 9.17) is 10.8 Å². The number of amides is 1. The Morgan fingerprint density at radius 3 is 2.86 bits per heavy atom. The lowest BCUT2D eigenvalue weighted by Gasteiger charge is -2.05. The molecule has 1 aromatic carbocycles. The molecule has 0 aliphatic rings. The topological polar surface area (TPSA) is 124 Å². The predicted molar refractivity (Wildman–Crippen MR) is 69.9 cm³/mol. The SMILES string of the molecule is NC(=O)c1ccc(F)c(CSc2nnnn2CC(=O)O)c1. The molecule has 0 spiro atoms. The van der Waals surface area contributed by atoms with Crippen molar-refractivity contribution in [1.82, 2.24) is 20.2 Å². The highest BCUT2D eigenvalue weighted by molar-refractivity contribution is 7.98. The molecule has 110 valence electrons. The molecule has 2 rings (SSSR count). The third kappa shape index (κ3) is 3.75. The van der Waals surface area contributed by atoms with E-state index < -0.39 is 17.7 Å². The number of aromatic nitrogens is 4. The summed E-state index contributed by atoms with van der Waals surface area (Å²) in [6, 6.07) is 3.78. The first-order valence-electron chi connectivity index (χ1n) is 5.66. The Morgan fingerprint density at radius 2 is 2.19 bits per heavy atom. The fourth-order valence-corrected chi connectivity index (χ4v) is 2.36. The maximum atomic E-state index is 13.7. The van der Waals surface area contributed by atoms with E-state index in [1.807, 2.05) is 0 Å². The van der Waals surface area contributed by atoms with Gasteiger partial charge in [-0.25, -0.2) is 9.07 Å². The Labute approximate surface area is 122 Å². The number of hydrogen-bond acceptors (Lipinski definition) is 6. The molecule has 0 radical (unpaired) electrons. The molecule has 2 aromatic rings. The smallest absolute Gasteiger partial charge is 0.325 e. The number of carbonyl (C=O) groups is 2. The van der Waals surface area contributed by atoms with Gasteiger partial charge in [-0.3, -0.25) is 9.59 Å². The lowest BCUT2D eigenvalue weighted by molar-refractivity contribution is -0.138. The van der Waals surface area contributed by atoms with Crippen LogP contribution in [0.4, 0.5) is 4.39 Å². The fraction of sp³-hybridized carbons (Fsp3) is 0.182. The van der Waals surface area contributed by atoms with Crippen molar-refractivity contribution in [3.05, 3.63) is 35.1 Å². The highest BCUT2D eigenvalue weighted by Gasteiger charge is 2.12. The average molecular weight is 311 g/mol. The second-order valence-electron chi connectivity index (χ2n) is 3.97. The number of thioether (sulfide) groups is 1. The summed E-state index contributed by atoms with van der Waals surface area (Å²) in [5.74, 6) is -2.11. The van der Waals surface area contributed by atoms with Gasteiger partial charge in [-0.15, -0.1) is 5.10 Å². The van der Waals surface area contributed by atoms with Gasteiger partial charge >= 0.3 is 5.97 Å². The van der Waals surface area contributed by atoms with Crippen molar-refractivity contribution in [2.75, 3.05) is 0 Å². The maximum Gasteiger partial charge on any atom is 0.325 e. The standard InChI is InChI=1S/C11H10FN5O3S/c12-8-2-1-6(10(13)20)3-7(8)5-21-11-14-15-16-17(11)4-9(18)19/h1-3H,4-5H2,(H2,13,20)(H,18,19). The molecule has 0 atom stereocenters. The van der Waals surface area contributed by atoms with E-state index in [0.29, 0.717) is 0 Å². The molecule has 1 amide bonds. The summed E-state index contributed by atoms with van der Waals surface area (Å²) in [6.45, 7) is -0.390. The highest BCUT2D eigenvalue weighted by Crippen LogP contribution is 2.22. The summed E-state index contributed by atoms with van der Waals surface area (Å²) in [5, 5.41) is 19.5. The number of aliphatic carboxylic acids is 1. The summed E-state index contributed by atoms with van der Waals surface area (Å²) in [5.41, 5.74) is 5.58. The van der Waals surface area contributed by atoms with Crippen LogP contribution >= 0.6 is 11.8 Å². The molecular formula is C11H10FN5O3S. The van der Waals surface area contributed by atoms with Crippen molar-refractivity contribution in [3.8, 4) is 0 Å². The third-order valence-electron chi connectivity index (χ3n) is 2.47. The Hall–Kier alpha value is -2.49. The number of rotatable bonds is 6. The van der Waals surface area contributed by atoms with E-state index in [9.17, 15) is 14.0 Å². The van der Waals surface area contributed by atoms with Crippen LogP contribution in [-0.2, 0) is 17.1 Å². The van der Waals surface area contributed by atoms with Crippen molar-refractivity contribution in [2.45, 2.75) is 17.5 Å². The van der Waals surface area contributed by atoms with Gasteiger partial charge in [0, 0.05) is 11.3 Å². The molecule has 10 heteroatoms. The van der Waals surface area contributed by atoms with Gasteiger partial charge in [0.15, 0.2) is 0 Å². The minimum Gasteiger partial charge on any atom is -0.480 e. The van der Waals surface area contributed by atoms with Crippen LogP contribution in [0.1, 0.15) is 15.9 Å². The Morgan fingerprint density at radius 1 is 1.43 bits per heavy atom. The lowest BCUT2D eigenvalue weighted by atomic mass is 10.1. The zero-order chi connectivity index (χ0) is 15.4. The molecule has 0 saturated heterocycles. The van der Waals surface area contributed by atoms with Gasteiger partial charge in [0.2, 0.25) is 11.1 Å². The first kappa shape index (κ1) is 14.9. The Kier molecular flexibility index (Phi) is 4.48. The minimum atomic E-state index is -1.09. The summed E-state index contributed by atoms with van der Waals surface area (Å²) >= 11 is 1.05. The molecule has 0 aliphatic heterocycles. The summed E-state index contributed by atoms with van der Waals surface area (Å²) in [4.78, 5) is 21.7. The van der Waals surface area contributed by atoms with Gasteiger partial charge in [-0.2, -0.15) is 0 Å². The molecule has 1 aromatic heterocycles. The second-order valence-corrected chi connectivity index (χ2v) is 4.91. The van der Waals surface area contributed by atoms with E-state index in [0.717, 1.165) is 22.5 Å². The number of nitrogens with two attached hydrogens (primary N) is 1. The van der Waals surface area contributed by atoms with E-state index >= 15 is 0 Å². The number of halogens is 1.